The normalized spacial score (nSPS) is 15.9. The van der Waals surface area contributed by atoms with E-state index in [-0.39, 0.29) is 11.8 Å². The smallest absolute Gasteiger partial charge is 0.263 e. The molecule has 1 amide bonds. The van der Waals surface area contributed by atoms with E-state index in [9.17, 15) is 4.79 Å². The molecule has 150 valence electrons. The van der Waals surface area contributed by atoms with Crippen LogP contribution in [-0.4, -0.2) is 40.1 Å². The van der Waals surface area contributed by atoms with E-state index in [1.807, 2.05) is 35.2 Å². The summed E-state index contributed by atoms with van der Waals surface area (Å²) in [7, 11) is 0. The molecule has 1 saturated heterocycles. The zero-order valence-corrected chi connectivity index (χ0v) is 16.9. The molecule has 29 heavy (non-hydrogen) atoms. The van der Waals surface area contributed by atoms with Crippen molar-refractivity contribution in [2.45, 2.75) is 31.8 Å². The van der Waals surface area contributed by atoms with Crippen LogP contribution in [0.5, 0.6) is 5.75 Å². The number of aromatic nitrogens is 2. The first-order valence-corrected chi connectivity index (χ1v) is 10.1. The number of hydrogen-bond donors (Lipinski definition) is 0. The summed E-state index contributed by atoms with van der Waals surface area (Å²) < 4.78 is 11.2. The van der Waals surface area contributed by atoms with Crippen LogP contribution in [0.2, 0.25) is 5.02 Å². The number of nitrogens with zero attached hydrogens (tertiary/aromatic N) is 3. The van der Waals surface area contributed by atoms with Crippen molar-refractivity contribution < 1.29 is 14.1 Å². The van der Waals surface area contributed by atoms with Crippen molar-refractivity contribution in [3.8, 4) is 17.1 Å². The van der Waals surface area contributed by atoms with Crippen LogP contribution in [0.1, 0.15) is 31.6 Å². The monoisotopic (exact) mass is 411 g/mol. The summed E-state index contributed by atoms with van der Waals surface area (Å²) in [6, 6.07) is 16.8. The van der Waals surface area contributed by atoms with Crippen LogP contribution in [0.15, 0.2) is 59.1 Å². The highest BCUT2D eigenvalue weighted by Gasteiger charge is 2.30. The Hall–Kier alpha value is -2.86. The first-order chi connectivity index (χ1) is 14.1. The number of hydrogen-bond acceptors (Lipinski definition) is 5. The van der Waals surface area contributed by atoms with Crippen molar-refractivity contribution in [2.24, 2.45) is 0 Å². The fourth-order valence-corrected chi connectivity index (χ4v) is 3.60. The van der Waals surface area contributed by atoms with Gasteiger partial charge in [-0.15, -0.1) is 0 Å². The minimum absolute atomic E-state index is 0.0195. The Bertz CT molecular complexity index is 951. The van der Waals surface area contributed by atoms with E-state index < -0.39 is 6.10 Å². The van der Waals surface area contributed by atoms with Crippen molar-refractivity contribution in [2.75, 3.05) is 13.1 Å². The lowest BCUT2D eigenvalue weighted by Gasteiger charge is -2.32. The Morgan fingerprint density at radius 2 is 1.83 bits per heavy atom. The molecule has 1 aromatic heterocycles. The molecule has 1 aliphatic heterocycles. The average Bonchev–Trinajstić information content (AvgIpc) is 3.26. The SMILES string of the molecule is CC(Oc1ccc(Cl)cc1)C(=O)N1CCC(c2nc(-c3ccccc3)no2)CC1. The summed E-state index contributed by atoms with van der Waals surface area (Å²) in [6.45, 7) is 3.05. The second-order valence-corrected chi connectivity index (χ2v) is 7.57. The van der Waals surface area contributed by atoms with Crippen molar-refractivity contribution >= 4 is 17.5 Å². The Balaban J connectivity index is 1.32. The lowest BCUT2D eigenvalue weighted by molar-refractivity contribution is -0.139. The highest BCUT2D eigenvalue weighted by molar-refractivity contribution is 6.30. The first-order valence-electron chi connectivity index (χ1n) is 9.70. The van der Waals surface area contributed by atoms with Gasteiger partial charge in [-0.3, -0.25) is 4.79 Å². The number of ether oxygens (including phenoxy) is 1. The molecule has 7 heteroatoms. The maximum atomic E-state index is 12.7. The van der Waals surface area contributed by atoms with Gasteiger partial charge in [-0.2, -0.15) is 4.98 Å². The molecule has 6 nitrogen and oxygen atoms in total. The van der Waals surface area contributed by atoms with Crippen molar-refractivity contribution in [3.63, 3.8) is 0 Å². The van der Waals surface area contributed by atoms with Crippen molar-refractivity contribution in [1.29, 1.82) is 0 Å². The van der Waals surface area contributed by atoms with Crippen LogP contribution in [0.3, 0.4) is 0 Å². The van der Waals surface area contributed by atoms with Gasteiger partial charge >= 0.3 is 0 Å². The summed E-state index contributed by atoms with van der Waals surface area (Å²) in [5, 5.41) is 4.74. The highest BCUT2D eigenvalue weighted by Crippen LogP contribution is 2.29. The number of likely N-dealkylation sites (tertiary alicyclic amines) is 1. The van der Waals surface area contributed by atoms with Gasteiger partial charge in [0.05, 0.1) is 0 Å². The van der Waals surface area contributed by atoms with E-state index in [2.05, 4.69) is 10.1 Å². The molecule has 0 spiro atoms. The van der Waals surface area contributed by atoms with Crippen LogP contribution in [0.25, 0.3) is 11.4 Å². The molecule has 0 aliphatic carbocycles. The van der Waals surface area contributed by atoms with Gasteiger partial charge in [0.25, 0.3) is 5.91 Å². The molecule has 0 radical (unpaired) electrons. The van der Waals surface area contributed by atoms with Gasteiger partial charge < -0.3 is 14.2 Å². The Morgan fingerprint density at radius 1 is 1.14 bits per heavy atom. The zero-order valence-electron chi connectivity index (χ0n) is 16.1. The standard InChI is InChI=1S/C22H22ClN3O3/c1-15(28-19-9-7-18(23)8-10-19)22(27)26-13-11-17(12-14-26)21-24-20(25-29-21)16-5-3-2-4-6-16/h2-10,15,17H,11-14H2,1H3. The molecule has 1 atom stereocenters. The maximum Gasteiger partial charge on any atom is 0.263 e. The largest absolute Gasteiger partial charge is 0.481 e. The number of benzene rings is 2. The fraction of sp³-hybridized carbons (Fsp3) is 0.318. The zero-order chi connectivity index (χ0) is 20.2. The molecule has 2 aromatic carbocycles. The van der Waals surface area contributed by atoms with Crippen LogP contribution in [-0.2, 0) is 4.79 Å². The van der Waals surface area contributed by atoms with E-state index in [0.29, 0.717) is 35.6 Å². The summed E-state index contributed by atoms with van der Waals surface area (Å²) >= 11 is 5.89. The van der Waals surface area contributed by atoms with Gasteiger partial charge in [-0.1, -0.05) is 47.1 Å². The van der Waals surface area contributed by atoms with Crippen molar-refractivity contribution in [3.05, 3.63) is 65.5 Å². The molecule has 0 bridgehead atoms. The summed E-state index contributed by atoms with van der Waals surface area (Å²) in [4.78, 5) is 19.1. The van der Waals surface area contributed by atoms with Crippen LogP contribution >= 0.6 is 11.6 Å². The topological polar surface area (TPSA) is 68.5 Å². The maximum absolute atomic E-state index is 12.7. The Kier molecular flexibility index (Phi) is 5.81. The quantitative estimate of drug-likeness (QED) is 0.615. The van der Waals surface area contributed by atoms with Gasteiger partial charge in [-0.05, 0) is 44.0 Å². The molecule has 0 N–H and O–H groups in total. The Morgan fingerprint density at radius 3 is 2.52 bits per heavy atom. The lowest BCUT2D eigenvalue weighted by atomic mass is 9.96. The average molecular weight is 412 g/mol. The minimum Gasteiger partial charge on any atom is -0.481 e. The van der Waals surface area contributed by atoms with Crippen LogP contribution < -0.4 is 4.74 Å². The molecule has 0 saturated carbocycles. The predicted octanol–water partition coefficient (Wildman–Crippen LogP) is 4.56. The number of halogens is 1. The molecule has 1 unspecified atom stereocenters. The van der Waals surface area contributed by atoms with Gasteiger partial charge in [0, 0.05) is 29.6 Å². The number of piperidine rings is 1. The lowest BCUT2D eigenvalue weighted by Crippen LogP contribution is -2.44. The van der Waals surface area contributed by atoms with Gasteiger partial charge in [0.15, 0.2) is 6.10 Å². The van der Waals surface area contributed by atoms with Crippen LogP contribution in [0.4, 0.5) is 0 Å². The van der Waals surface area contributed by atoms with Crippen molar-refractivity contribution in [1.82, 2.24) is 15.0 Å². The van der Waals surface area contributed by atoms with Gasteiger partial charge in [0.1, 0.15) is 5.75 Å². The second-order valence-electron chi connectivity index (χ2n) is 7.14. The molecule has 1 aliphatic rings. The van der Waals surface area contributed by atoms with Gasteiger partial charge in [-0.25, -0.2) is 0 Å². The third-order valence-electron chi connectivity index (χ3n) is 5.10. The summed E-state index contributed by atoms with van der Waals surface area (Å²) in [5.74, 6) is 2.01. The molecular formula is C22H22ClN3O3. The number of carbonyl (C=O) groups is 1. The third-order valence-corrected chi connectivity index (χ3v) is 5.36. The number of carbonyl (C=O) groups excluding carboxylic acids is 1. The van der Waals surface area contributed by atoms with E-state index in [1.165, 1.54) is 0 Å². The Labute approximate surface area is 174 Å². The van der Waals surface area contributed by atoms with E-state index in [1.54, 1.807) is 31.2 Å². The molecule has 3 aromatic rings. The number of rotatable bonds is 5. The summed E-state index contributed by atoms with van der Waals surface area (Å²) in [6.07, 6.45) is 1.02. The molecule has 1 fully saturated rings. The first kappa shape index (κ1) is 19.5. The molecular weight excluding hydrogens is 390 g/mol. The predicted molar refractivity (Wildman–Crippen MR) is 110 cm³/mol. The second kappa shape index (κ2) is 8.66. The van der Waals surface area contributed by atoms with Crippen LogP contribution in [0, 0.1) is 0 Å². The number of amides is 1. The third kappa shape index (κ3) is 4.59. The van der Waals surface area contributed by atoms with E-state index in [0.717, 1.165) is 18.4 Å². The molecule has 2 heterocycles. The molecule has 4 rings (SSSR count). The van der Waals surface area contributed by atoms with E-state index in [4.69, 9.17) is 20.9 Å². The minimum atomic E-state index is -0.555. The van der Waals surface area contributed by atoms with Gasteiger partial charge in [0.2, 0.25) is 11.7 Å². The highest BCUT2D eigenvalue weighted by atomic mass is 35.5. The summed E-state index contributed by atoms with van der Waals surface area (Å²) in [5.41, 5.74) is 0.934. The fourth-order valence-electron chi connectivity index (χ4n) is 3.48. The van der Waals surface area contributed by atoms with E-state index >= 15 is 0 Å².